The van der Waals surface area contributed by atoms with Crippen molar-refractivity contribution in [2.75, 3.05) is 13.2 Å². The highest BCUT2D eigenvalue weighted by molar-refractivity contribution is 5.71. The molecule has 0 aromatic heterocycles. The summed E-state index contributed by atoms with van der Waals surface area (Å²) < 4.78 is 16.8. The molecule has 0 aliphatic carbocycles. The van der Waals surface area contributed by atoms with Crippen LogP contribution in [-0.4, -0.2) is 37.2 Å². The molecule has 0 aromatic carbocycles. The molecule has 0 heterocycles. The average Bonchev–Trinajstić information content (AvgIpc) is 3.28. The Labute approximate surface area is 391 Å². The van der Waals surface area contributed by atoms with E-state index in [0.29, 0.717) is 19.3 Å². The number of rotatable bonds is 50. The third-order valence-electron chi connectivity index (χ3n) is 12.1. The van der Waals surface area contributed by atoms with Gasteiger partial charge >= 0.3 is 17.9 Å². The lowest BCUT2D eigenvalue weighted by molar-refractivity contribution is -0.167. The molecule has 0 bridgehead atoms. The summed E-state index contributed by atoms with van der Waals surface area (Å²) in [6.07, 6.45) is 61.2. The first kappa shape index (κ1) is 60.6. The first-order chi connectivity index (χ1) is 31.0. The van der Waals surface area contributed by atoms with Crippen molar-refractivity contribution < 1.29 is 28.6 Å². The van der Waals surface area contributed by atoms with Crippen LogP contribution in [0.1, 0.15) is 290 Å². The summed E-state index contributed by atoms with van der Waals surface area (Å²) >= 11 is 0. The van der Waals surface area contributed by atoms with E-state index in [1.165, 1.54) is 180 Å². The standard InChI is InChI=1S/C57H104O6/c1-4-7-10-13-16-19-22-25-28-31-34-37-40-43-46-49-55(58)61-52-54(63-57(60)51-48-45-42-39-36-33-30-27-24-21-18-15-12-9-6-3)53-62-56(59)50-47-44-41-38-35-32-29-26-23-20-17-14-11-8-5-2/h19,22,26-27,29-30,54H,4-18,20-21,23-25,28,31-53H2,1-3H3. The van der Waals surface area contributed by atoms with Crippen molar-refractivity contribution in [3.8, 4) is 0 Å². The third kappa shape index (κ3) is 50.5. The highest BCUT2D eigenvalue weighted by atomic mass is 16.6. The first-order valence-corrected chi connectivity index (χ1v) is 27.5. The van der Waals surface area contributed by atoms with Crippen LogP contribution >= 0.6 is 0 Å². The quantitative estimate of drug-likeness (QED) is 0.0262. The predicted molar refractivity (Wildman–Crippen MR) is 270 cm³/mol. The van der Waals surface area contributed by atoms with Gasteiger partial charge in [0.1, 0.15) is 13.2 Å². The summed E-state index contributed by atoms with van der Waals surface area (Å²) in [5.41, 5.74) is 0. The van der Waals surface area contributed by atoms with Crippen molar-refractivity contribution in [2.24, 2.45) is 0 Å². The lowest BCUT2D eigenvalue weighted by Gasteiger charge is -2.18. The number of unbranched alkanes of at least 4 members (excludes halogenated alkanes) is 33. The molecule has 6 nitrogen and oxygen atoms in total. The molecule has 0 aliphatic heterocycles. The monoisotopic (exact) mass is 885 g/mol. The van der Waals surface area contributed by atoms with Gasteiger partial charge < -0.3 is 14.2 Å². The van der Waals surface area contributed by atoms with Crippen LogP contribution in [0.2, 0.25) is 0 Å². The minimum atomic E-state index is -0.779. The highest BCUT2D eigenvalue weighted by Gasteiger charge is 2.19. The van der Waals surface area contributed by atoms with Crippen LogP contribution in [0.15, 0.2) is 36.5 Å². The van der Waals surface area contributed by atoms with Crippen LogP contribution in [-0.2, 0) is 28.6 Å². The molecule has 0 aromatic rings. The molecule has 0 saturated carbocycles. The zero-order valence-corrected chi connectivity index (χ0v) is 42.1. The Balaban J connectivity index is 4.39. The maximum Gasteiger partial charge on any atom is 0.306 e. The highest BCUT2D eigenvalue weighted by Crippen LogP contribution is 2.15. The molecule has 0 amide bonds. The van der Waals surface area contributed by atoms with E-state index in [1.807, 2.05) is 0 Å². The molecule has 0 saturated heterocycles. The van der Waals surface area contributed by atoms with Crippen molar-refractivity contribution in [3.05, 3.63) is 36.5 Å². The summed E-state index contributed by atoms with van der Waals surface area (Å²) in [4.78, 5) is 38.0. The Morgan fingerprint density at radius 2 is 0.524 bits per heavy atom. The van der Waals surface area contributed by atoms with Crippen molar-refractivity contribution in [3.63, 3.8) is 0 Å². The number of allylic oxidation sites excluding steroid dienone is 6. The van der Waals surface area contributed by atoms with Gasteiger partial charge in [-0.1, -0.05) is 211 Å². The predicted octanol–water partition coefficient (Wildman–Crippen LogP) is 18.1. The van der Waals surface area contributed by atoms with Gasteiger partial charge in [-0.05, 0) is 96.3 Å². The van der Waals surface area contributed by atoms with Crippen molar-refractivity contribution in [1.29, 1.82) is 0 Å². The number of ether oxygens (including phenoxy) is 3. The van der Waals surface area contributed by atoms with E-state index in [-0.39, 0.29) is 31.1 Å². The van der Waals surface area contributed by atoms with Crippen LogP contribution in [0.4, 0.5) is 0 Å². The fraction of sp³-hybridized carbons (Fsp3) is 0.842. The molecule has 1 atom stereocenters. The van der Waals surface area contributed by atoms with E-state index < -0.39 is 6.10 Å². The second-order valence-electron chi connectivity index (χ2n) is 18.5. The normalized spacial score (nSPS) is 12.2. The number of hydrogen-bond donors (Lipinski definition) is 0. The van der Waals surface area contributed by atoms with Crippen molar-refractivity contribution in [1.82, 2.24) is 0 Å². The van der Waals surface area contributed by atoms with E-state index in [2.05, 4.69) is 57.2 Å². The molecular formula is C57H104O6. The minimum Gasteiger partial charge on any atom is -0.462 e. The van der Waals surface area contributed by atoms with Crippen LogP contribution in [0.3, 0.4) is 0 Å². The number of esters is 3. The number of carbonyl (C=O) groups is 3. The first-order valence-electron chi connectivity index (χ1n) is 27.5. The van der Waals surface area contributed by atoms with E-state index in [9.17, 15) is 14.4 Å². The molecule has 0 aliphatic rings. The molecule has 6 heteroatoms. The zero-order valence-electron chi connectivity index (χ0n) is 42.1. The van der Waals surface area contributed by atoms with Crippen LogP contribution in [0.5, 0.6) is 0 Å². The van der Waals surface area contributed by atoms with Gasteiger partial charge in [0.15, 0.2) is 6.10 Å². The summed E-state index contributed by atoms with van der Waals surface area (Å²) in [5, 5.41) is 0. The Kier molecular flexibility index (Phi) is 50.3. The number of hydrogen-bond acceptors (Lipinski definition) is 6. The Morgan fingerprint density at radius 1 is 0.302 bits per heavy atom. The molecule has 368 valence electrons. The SMILES string of the molecule is CCCCCCC=CCCCCCCCCCC(=O)OCC(COC(=O)CCCCCCCC=CCCCCCCCC)OC(=O)CCCCCCCC=CCCCCCCCC. The fourth-order valence-electron chi connectivity index (χ4n) is 7.90. The summed E-state index contributed by atoms with van der Waals surface area (Å²) in [6.45, 7) is 6.62. The topological polar surface area (TPSA) is 78.9 Å². The molecule has 1 unspecified atom stereocenters. The molecule has 0 spiro atoms. The molecule has 0 fully saturated rings. The van der Waals surface area contributed by atoms with Gasteiger partial charge in [-0.2, -0.15) is 0 Å². The smallest absolute Gasteiger partial charge is 0.306 e. The van der Waals surface area contributed by atoms with E-state index in [4.69, 9.17) is 14.2 Å². The average molecular weight is 885 g/mol. The lowest BCUT2D eigenvalue weighted by Crippen LogP contribution is -2.30. The molecule has 0 radical (unpaired) electrons. The van der Waals surface area contributed by atoms with E-state index in [1.54, 1.807) is 0 Å². The van der Waals surface area contributed by atoms with Gasteiger partial charge in [0.2, 0.25) is 0 Å². The maximum absolute atomic E-state index is 12.8. The summed E-state index contributed by atoms with van der Waals surface area (Å²) in [7, 11) is 0. The maximum atomic E-state index is 12.8. The van der Waals surface area contributed by atoms with Gasteiger partial charge in [-0.15, -0.1) is 0 Å². The molecule has 0 N–H and O–H groups in total. The second-order valence-corrected chi connectivity index (χ2v) is 18.5. The Morgan fingerprint density at radius 3 is 0.810 bits per heavy atom. The summed E-state index contributed by atoms with van der Waals surface area (Å²) in [6, 6.07) is 0. The largest absolute Gasteiger partial charge is 0.462 e. The van der Waals surface area contributed by atoms with Gasteiger partial charge in [0, 0.05) is 19.3 Å². The van der Waals surface area contributed by atoms with Crippen LogP contribution in [0, 0.1) is 0 Å². The van der Waals surface area contributed by atoms with Crippen LogP contribution in [0.25, 0.3) is 0 Å². The van der Waals surface area contributed by atoms with Crippen LogP contribution < -0.4 is 0 Å². The van der Waals surface area contributed by atoms with Gasteiger partial charge in [-0.25, -0.2) is 0 Å². The minimum absolute atomic E-state index is 0.0786. The third-order valence-corrected chi connectivity index (χ3v) is 12.1. The second kappa shape index (κ2) is 52.3. The molecular weight excluding hydrogens is 781 g/mol. The molecule has 0 rings (SSSR count). The Hall–Kier alpha value is -2.37. The van der Waals surface area contributed by atoms with Gasteiger partial charge in [0.25, 0.3) is 0 Å². The Bertz CT molecular complexity index is 1060. The fourth-order valence-corrected chi connectivity index (χ4v) is 7.90. The lowest BCUT2D eigenvalue weighted by atomic mass is 10.1. The van der Waals surface area contributed by atoms with E-state index in [0.717, 1.165) is 70.6 Å². The van der Waals surface area contributed by atoms with Gasteiger partial charge in [-0.3, -0.25) is 14.4 Å². The van der Waals surface area contributed by atoms with Crippen molar-refractivity contribution in [2.45, 2.75) is 297 Å². The zero-order chi connectivity index (χ0) is 45.8. The van der Waals surface area contributed by atoms with E-state index >= 15 is 0 Å². The van der Waals surface area contributed by atoms with Crippen molar-refractivity contribution >= 4 is 17.9 Å². The van der Waals surface area contributed by atoms with Gasteiger partial charge in [0.05, 0.1) is 0 Å². The molecule has 63 heavy (non-hydrogen) atoms. The summed E-state index contributed by atoms with van der Waals surface area (Å²) in [5.74, 6) is -0.888. The number of carbonyl (C=O) groups excluding carboxylic acids is 3.